The van der Waals surface area contributed by atoms with Crippen molar-refractivity contribution in [2.75, 3.05) is 5.73 Å². The van der Waals surface area contributed by atoms with Crippen molar-refractivity contribution in [3.8, 4) is 6.07 Å². The topological polar surface area (TPSA) is 165 Å². The second kappa shape index (κ2) is 5.78. The van der Waals surface area contributed by atoms with E-state index in [4.69, 9.17) is 19.9 Å². The zero-order valence-corrected chi connectivity index (χ0v) is 14.3. The molecule has 0 bridgehead atoms. The summed E-state index contributed by atoms with van der Waals surface area (Å²) in [6.45, 7) is 1.72. The number of aliphatic hydroxyl groups is 2. The third-order valence-corrected chi connectivity index (χ3v) is 4.80. The molecule has 2 fully saturated rings. The summed E-state index contributed by atoms with van der Waals surface area (Å²) in [5.41, 5.74) is 5.89. The van der Waals surface area contributed by atoms with Crippen molar-refractivity contribution in [2.45, 2.75) is 49.5 Å². The van der Waals surface area contributed by atoms with Crippen LogP contribution >= 0.6 is 0 Å². The zero-order valence-electron chi connectivity index (χ0n) is 14.3. The average molecular weight is 375 g/mol. The standard InChI is InChI=1S/C16H17N5O6/c1-15(4-5-15)26-14(24)27-16(6-17)12(23)10(22)11(25-16)8-2-3-9-13(18)19-7-20-21(8)9/h2-3,7,10-12,22-23H,4-5H2,1H3,(H2,18,19,20)/t10-,11-,12-,16+/m0/s1. The summed E-state index contributed by atoms with van der Waals surface area (Å²) in [6.07, 6.45) is -3.19. The molecule has 1 saturated carbocycles. The van der Waals surface area contributed by atoms with E-state index in [1.54, 1.807) is 25.1 Å². The zero-order chi connectivity index (χ0) is 19.4. The molecule has 11 nitrogen and oxygen atoms in total. The largest absolute Gasteiger partial charge is 0.512 e. The minimum Gasteiger partial charge on any atom is -0.428 e. The van der Waals surface area contributed by atoms with Gasteiger partial charge in [0.2, 0.25) is 0 Å². The number of aliphatic hydroxyl groups excluding tert-OH is 2. The van der Waals surface area contributed by atoms with Crippen molar-refractivity contribution in [3.63, 3.8) is 0 Å². The predicted octanol–water partition coefficient (Wildman–Crippen LogP) is 0.0302. The maximum Gasteiger partial charge on any atom is 0.512 e. The number of nitrogens with zero attached hydrogens (tertiary/aromatic N) is 4. The van der Waals surface area contributed by atoms with Gasteiger partial charge in [-0.15, -0.1) is 0 Å². The van der Waals surface area contributed by atoms with Crippen LogP contribution < -0.4 is 5.73 Å². The Labute approximate surface area is 152 Å². The Morgan fingerprint density at radius 2 is 2.19 bits per heavy atom. The first kappa shape index (κ1) is 17.5. The van der Waals surface area contributed by atoms with E-state index in [2.05, 4.69) is 10.1 Å². The molecule has 2 aromatic rings. The SMILES string of the molecule is CC1(OC(=O)O[C@@]2(C#N)O[C@@H](c3ccc4c(N)ncnn34)[C@H](O)[C@@H]2O)CC1. The van der Waals surface area contributed by atoms with E-state index >= 15 is 0 Å². The number of carbonyl (C=O) groups excluding carboxylic acids is 1. The quantitative estimate of drug-likeness (QED) is 0.623. The average Bonchev–Trinajstić information content (AvgIpc) is 3.10. The smallest absolute Gasteiger partial charge is 0.428 e. The number of fused-ring (bicyclic) bond motifs is 1. The maximum absolute atomic E-state index is 12.0. The molecule has 0 radical (unpaired) electrons. The molecular weight excluding hydrogens is 358 g/mol. The van der Waals surface area contributed by atoms with E-state index in [1.165, 1.54) is 10.8 Å². The molecule has 11 heteroatoms. The summed E-state index contributed by atoms with van der Waals surface area (Å²) in [7, 11) is 0. The first-order valence-corrected chi connectivity index (χ1v) is 8.24. The van der Waals surface area contributed by atoms with E-state index in [0.717, 1.165) is 0 Å². The monoisotopic (exact) mass is 375 g/mol. The summed E-state index contributed by atoms with van der Waals surface area (Å²) >= 11 is 0. The molecule has 0 amide bonds. The third-order valence-electron chi connectivity index (χ3n) is 4.80. The second-order valence-corrected chi connectivity index (χ2v) is 6.86. The van der Waals surface area contributed by atoms with Crippen LogP contribution in [-0.2, 0) is 14.2 Å². The Hall–Kier alpha value is -2.94. The van der Waals surface area contributed by atoms with Gasteiger partial charge in [-0.1, -0.05) is 0 Å². The Morgan fingerprint density at radius 1 is 1.44 bits per heavy atom. The number of nitrogens with two attached hydrogens (primary N) is 1. The van der Waals surface area contributed by atoms with Gasteiger partial charge in [-0.25, -0.2) is 14.3 Å². The number of anilines is 1. The van der Waals surface area contributed by atoms with Crippen LogP contribution in [0.2, 0.25) is 0 Å². The van der Waals surface area contributed by atoms with Gasteiger partial charge in [-0.3, -0.25) is 0 Å². The lowest BCUT2D eigenvalue weighted by Gasteiger charge is -2.24. The highest BCUT2D eigenvalue weighted by molar-refractivity contribution is 5.65. The highest BCUT2D eigenvalue weighted by Gasteiger charge is 2.60. The van der Waals surface area contributed by atoms with Crippen molar-refractivity contribution in [3.05, 3.63) is 24.2 Å². The lowest BCUT2D eigenvalue weighted by atomic mass is 10.0. The van der Waals surface area contributed by atoms with Crippen LogP contribution in [0.4, 0.5) is 10.6 Å². The molecule has 0 spiro atoms. The molecule has 0 aromatic carbocycles. The van der Waals surface area contributed by atoms with Crippen molar-refractivity contribution in [1.82, 2.24) is 14.6 Å². The Bertz CT molecular complexity index is 950. The van der Waals surface area contributed by atoms with Gasteiger partial charge in [-0.05, 0) is 31.9 Å². The first-order valence-electron chi connectivity index (χ1n) is 8.24. The summed E-state index contributed by atoms with van der Waals surface area (Å²) in [5, 5.41) is 34.3. The molecule has 4 N–H and O–H groups in total. The predicted molar refractivity (Wildman–Crippen MR) is 86.8 cm³/mol. The van der Waals surface area contributed by atoms with Gasteiger partial charge in [0.25, 0.3) is 0 Å². The molecule has 4 rings (SSSR count). The van der Waals surface area contributed by atoms with Crippen LogP contribution in [0.5, 0.6) is 0 Å². The molecule has 1 aliphatic heterocycles. The van der Waals surface area contributed by atoms with Crippen LogP contribution in [0.25, 0.3) is 5.52 Å². The number of nitriles is 1. The van der Waals surface area contributed by atoms with E-state index in [0.29, 0.717) is 24.1 Å². The lowest BCUT2D eigenvalue weighted by Crippen LogP contribution is -2.46. The number of aromatic nitrogens is 3. The van der Waals surface area contributed by atoms with Gasteiger partial charge < -0.3 is 30.2 Å². The van der Waals surface area contributed by atoms with Gasteiger partial charge in [0.05, 0.1) is 5.69 Å². The summed E-state index contributed by atoms with van der Waals surface area (Å²) in [4.78, 5) is 15.9. The highest BCUT2D eigenvalue weighted by atomic mass is 16.8. The Morgan fingerprint density at radius 3 is 2.85 bits per heavy atom. The minimum absolute atomic E-state index is 0.202. The summed E-state index contributed by atoms with van der Waals surface area (Å²) in [6, 6.07) is 4.78. The second-order valence-electron chi connectivity index (χ2n) is 6.86. The van der Waals surface area contributed by atoms with Crippen LogP contribution in [0.1, 0.15) is 31.6 Å². The van der Waals surface area contributed by atoms with Crippen molar-refractivity contribution < 1.29 is 29.2 Å². The fourth-order valence-corrected chi connectivity index (χ4v) is 2.97. The van der Waals surface area contributed by atoms with E-state index in [9.17, 15) is 20.3 Å². The number of nitrogen functional groups attached to an aromatic ring is 1. The molecule has 1 saturated heterocycles. The van der Waals surface area contributed by atoms with Gasteiger partial charge in [0.1, 0.15) is 35.7 Å². The van der Waals surface area contributed by atoms with Crippen molar-refractivity contribution in [2.24, 2.45) is 0 Å². The molecule has 142 valence electrons. The summed E-state index contributed by atoms with van der Waals surface area (Å²) < 4.78 is 17.0. The molecule has 1 aliphatic carbocycles. The van der Waals surface area contributed by atoms with Crippen molar-refractivity contribution >= 4 is 17.5 Å². The van der Waals surface area contributed by atoms with Crippen LogP contribution in [0, 0.1) is 11.3 Å². The Balaban J connectivity index is 1.63. The molecule has 2 aromatic heterocycles. The molecule has 4 atom stereocenters. The van der Waals surface area contributed by atoms with Gasteiger partial charge in [0, 0.05) is 0 Å². The van der Waals surface area contributed by atoms with Gasteiger partial charge >= 0.3 is 11.9 Å². The molecule has 2 aliphatic rings. The number of hydrogen-bond donors (Lipinski definition) is 3. The third kappa shape index (κ3) is 2.74. The number of ether oxygens (including phenoxy) is 3. The minimum atomic E-state index is -2.42. The lowest BCUT2D eigenvalue weighted by molar-refractivity contribution is -0.202. The fourth-order valence-electron chi connectivity index (χ4n) is 2.97. The fraction of sp³-hybridized carbons (Fsp3) is 0.500. The summed E-state index contributed by atoms with van der Waals surface area (Å²) in [5.74, 6) is -2.22. The van der Waals surface area contributed by atoms with Crippen molar-refractivity contribution in [1.29, 1.82) is 5.26 Å². The molecular formula is C16H17N5O6. The number of carbonyl (C=O) groups is 1. The van der Waals surface area contributed by atoms with Crippen LogP contribution in [0.3, 0.4) is 0 Å². The van der Waals surface area contributed by atoms with E-state index < -0.39 is 35.9 Å². The van der Waals surface area contributed by atoms with Crippen LogP contribution in [0.15, 0.2) is 18.5 Å². The normalized spacial score (nSPS) is 31.4. The van der Waals surface area contributed by atoms with Gasteiger partial charge in [-0.2, -0.15) is 10.4 Å². The molecule has 27 heavy (non-hydrogen) atoms. The number of hydrogen-bond acceptors (Lipinski definition) is 10. The highest BCUT2D eigenvalue weighted by Crippen LogP contribution is 2.43. The first-order chi connectivity index (χ1) is 12.8. The Kier molecular flexibility index (Phi) is 3.74. The van der Waals surface area contributed by atoms with E-state index in [-0.39, 0.29) is 5.82 Å². The van der Waals surface area contributed by atoms with E-state index in [1.807, 2.05) is 0 Å². The maximum atomic E-state index is 12.0. The number of rotatable bonds is 3. The molecule has 3 heterocycles. The van der Waals surface area contributed by atoms with Crippen LogP contribution in [-0.4, -0.2) is 54.6 Å². The van der Waals surface area contributed by atoms with Gasteiger partial charge in [0.15, 0.2) is 11.9 Å². The molecule has 0 unspecified atom stereocenters.